The van der Waals surface area contributed by atoms with Crippen LogP contribution in [0.3, 0.4) is 0 Å². The fraction of sp³-hybridized carbons (Fsp3) is 0.222. The normalized spacial score (nSPS) is 10.4. The van der Waals surface area contributed by atoms with Crippen molar-refractivity contribution in [3.63, 3.8) is 0 Å². The van der Waals surface area contributed by atoms with Crippen LogP contribution in [0.15, 0.2) is 30.7 Å². The van der Waals surface area contributed by atoms with Crippen molar-refractivity contribution in [1.82, 2.24) is 25.3 Å². The summed E-state index contributed by atoms with van der Waals surface area (Å²) in [5, 5.41) is 11.0. The summed E-state index contributed by atoms with van der Waals surface area (Å²) in [4.78, 5) is 4.01. The lowest BCUT2D eigenvalue weighted by atomic mass is 10.4. The average Bonchev–Trinajstić information content (AvgIpc) is 2.68. The van der Waals surface area contributed by atoms with Gasteiger partial charge in [-0.05, 0) is 19.2 Å². The molecule has 0 bridgehead atoms. The molecule has 2 rings (SSSR count). The van der Waals surface area contributed by atoms with Gasteiger partial charge in [-0.3, -0.25) is 4.98 Å². The molecule has 0 aliphatic heterocycles. The summed E-state index contributed by atoms with van der Waals surface area (Å²) < 4.78 is 1.71. The van der Waals surface area contributed by atoms with Gasteiger partial charge in [-0.1, -0.05) is 5.21 Å². The molecule has 72 valence electrons. The van der Waals surface area contributed by atoms with E-state index in [0.717, 1.165) is 17.9 Å². The van der Waals surface area contributed by atoms with E-state index in [-0.39, 0.29) is 0 Å². The molecule has 0 spiro atoms. The van der Waals surface area contributed by atoms with Crippen LogP contribution in [0, 0.1) is 0 Å². The SMILES string of the molecule is CNCc1cn(-c2cccnc2)nn1. The average molecular weight is 189 g/mol. The second kappa shape index (κ2) is 3.97. The minimum atomic E-state index is 0.722. The van der Waals surface area contributed by atoms with E-state index in [2.05, 4.69) is 20.6 Å². The van der Waals surface area contributed by atoms with Gasteiger partial charge in [0.05, 0.1) is 23.8 Å². The minimum Gasteiger partial charge on any atom is -0.314 e. The smallest absolute Gasteiger partial charge is 0.0969 e. The number of aromatic nitrogens is 4. The molecule has 0 aliphatic rings. The van der Waals surface area contributed by atoms with Crippen LogP contribution in [0.2, 0.25) is 0 Å². The Morgan fingerprint density at radius 1 is 1.50 bits per heavy atom. The van der Waals surface area contributed by atoms with E-state index in [1.54, 1.807) is 17.1 Å². The highest BCUT2D eigenvalue weighted by Crippen LogP contribution is 2.03. The molecule has 0 aromatic carbocycles. The molecule has 5 heteroatoms. The van der Waals surface area contributed by atoms with Crippen molar-refractivity contribution in [2.45, 2.75) is 6.54 Å². The molecule has 0 fully saturated rings. The molecule has 1 N–H and O–H groups in total. The van der Waals surface area contributed by atoms with Crippen molar-refractivity contribution in [2.75, 3.05) is 7.05 Å². The Morgan fingerprint density at radius 2 is 2.43 bits per heavy atom. The van der Waals surface area contributed by atoms with E-state index in [1.807, 2.05) is 25.4 Å². The maximum Gasteiger partial charge on any atom is 0.0969 e. The van der Waals surface area contributed by atoms with Gasteiger partial charge >= 0.3 is 0 Å². The van der Waals surface area contributed by atoms with Crippen molar-refractivity contribution in [3.05, 3.63) is 36.4 Å². The molecule has 2 aromatic heterocycles. The molecule has 0 saturated carbocycles. The van der Waals surface area contributed by atoms with Crippen LogP contribution in [0.1, 0.15) is 5.69 Å². The maximum absolute atomic E-state index is 4.01. The third kappa shape index (κ3) is 1.77. The van der Waals surface area contributed by atoms with Gasteiger partial charge < -0.3 is 5.32 Å². The topological polar surface area (TPSA) is 55.6 Å². The Kier molecular flexibility index (Phi) is 2.51. The molecular formula is C9H11N5. The van der Waals surface area contributed by atoms with Crippen LogP contribution in [0.25, 0.3) is 5.69 Å². The number of nitrogens with one attached hydrogen (secondary N) is 1. The van der Waals surface area contributed by atoms with Gasteiger partial charge in [0.2, 0.25) is 0 Å². The summed E-state index contributed by atoms with van der Waals surface area (Å²) in [6.45, 7) is 0.722. The number of hydrogen-bond donors (Lipinski definition) is 1. The maximum atomic E-state index is 4.01. The molecule has 0 aliphatic carbocycles. The quantitative estimate of drug-likeness (QED) is 0.758. The molecular weight excluding hydrogens is 178 g/mol. The van der Waals surface area contributed by atoms with Crippen LogP contribution in [0.5, 0.6) is 0 Å². The van der Waals surface area contributed by atoms with Crippen LogP contribution in [-0.2, 0) is 6.54 Å². The van der Waals surface area contributed by atoms with Gasteiger partial charge in [0, 0.05) is 12.7 Å². The highest BCUT2D eigenvalue weighted by atomic mass is 15.4. The van der Waals surface area contributed by atoms with Gasteiger partial charge in [0.15, 0.2) is 0 Å². The van der Waals surface area contributed by atoms with E-state index in [1.165, 1.54) is 0 Å². The van der Waals surface area contributed by atoms with Crippen molar-refractivity contribution in [2.24, 2.45) is 0 Å². The van der Waals surface area contributed by atoms with Gasteiger partial charge in [0.1, 0.15) is 0 Å². The second-order valence-corrected chi connectivity index (χ2v) is 2.90. The van der Waals surface area contributed by atoms with Crippen molar-refractivity contribution >= 4 is 0 Å². The fourth-order valence-electron chi connectivity index (χ4n) is 1.18. The van der Waals surface area contributed by atoms with E-state index in [4.69, 9.17) is 0 Å². The van der Waals surface area contributed by atoms with Crippen molar-refractivity contribution in [3.8, 4) is 5.69 Å². The summed E-state index contributed by atoms with van der Waals surface area (Å²) in [5.74, 6) is 0. The molecule has 2 aromatic rings. The zero-order chi connectivity index (χ0) is 9.80. The number of pyridine rings is 1. The molecule has 5 nitrogen and oxygen atoms in total. The summed E-state index contributed by atoms with van der Waals surface area (Å²) >= 11 is 0. The third-order valence-electron chi connectivity index (χ3n) is 1.81. The summed E-state index contributed by atoms with van der Waals surface area (Å²) in [7, 11) is 1.88. The van der Waals surface area contributed by atoms with Crippen molar-refractivity contribution in [1.29, 1.82) is 0 Å². The lowest BCUT2D eigenvalue weighted by molar-refractivity contribution is 0.766. The highest BCUT2D eigenvalue weighted by Gasteiger charge is 2.00. The van der Waals surface area contributed by atoms with Gasteiger partial charge in [-0.15, -0.1) is 5.10 Å². The number of hydrogen-bond acceptors (Lipinski definition) is 4. The van der Waals surface area contributed by atoms with Gasteiger partial charge in [-0.25, -0.2) is 4.68 Å². The van der Waals surface area contributed by atoms with Crippen molar-refractivity contribution < 1.29 is 0 Å². The van der Waals surface area contributed by atoms with E-state index < -0.39 is 0 Å². The Bertz CT molecular complexity index is 395. The molecule has 0 saturated heterocycles. The van der Waals surface area contributed by atoms with E-state index in [0.29, 0.717) is 0 Å². The predicted molar refractivity (Wildman–Crippen MR) is 51.9 cm³/mol. The fourth-order valence-corrected chi connectivity index (χ4v) is 1.18. The van der Waals surface area contributed by atoms with Crippen LogP contribution in [-0.4, -0.2) is 27.0 Å². The van der Waals surface area contributed by atoms with E-state index in [9.17, 15) is 0 Å². The van der Waals surface area contributed by atoms with E-state index >= 15 is 0 Å². The van der Waals surface area contributed by atoms with Crippen LogP contribution in [0.4, 0.5) is 0 Å². The lowest BCUT2D eigenvalue weighted by Gasteiger charge is -1.96. The van der Waals surface area contributed by atoms with Crippen LogP contribution >= 0.6 is 0 Å². The standard InChI is InChI=1S/C9H11N5/c1-10-5-8-7-14(13-12-8)9-3-2-4-11-6-9/h2-4,6-7,10H,5H2,1H3. The monoisotopic (exact) mass is 189 g/mol. The highest BCUT2D eigenvalue weighted by molar-refractivity contribution is 5.25. The second-order valence-electron chi connectivity index (χ2n) is 2.90. The first-order valence-corrected chi connectivity index (χ1v) is 4.36. The molecule has 2 heterocycles. The molecule has 0 amide bonds. The van der Waals surface area contributed by atoms with Gasteiger partial charge in [0.25, 0.3) is 0 Å². The largest absolute Gasteiger partial charge is 0.314 e. The molecule has 0 radical (unpaired) electrons. The Balaban J connectivity index is 2.25. The predicted octanol–water partition coefficient (Wildman–Crippen LogP) is 0.382. The van der Waals surface area contributed by atoms with Crippen LogP contribution < -0.4 is 5.32 Å². The summed E-state index contributed by atoms with van der Waals surface area (Å²) in [5.41, 5.74) is 1.83. The number of nitrogens with zero attached hydrogens (tertiary/aromatic N) is 4. The molecule has 14 heavy (non-hydrogen) atoms. The Labute approximate surface area is 81.8 Å². The first-order valence-electron chi connectivity index (χ1n) is 4.36. The zero-order valence-electron chi connectivity index (χ0n) is 7.88. The Morgan fingerprint density at radius 3 is 3.14 bits per heavy atom. The zero-order valence-corrected chi connectivity index (χ0v) is 7.88. The first kappa shape index (κ1) is 8.83. The lowest BCUT2D eigenvalue weighted by Crippen LogP contribution is -2.04. The van der Waals surface area contributed by atoms with Gasteiger partial charge in [-0.2, -0.15) is 0 Å². The summed E-state index contributed by atoms with van der Waals surface area (Å²) in [6, 6.07) is 3.81. The third-order valence-corrected chi connectivity index (χ3v) is 1.81. The molecule has 0 atom stereocenters. The minimum absolute atomic E-state index is 0.722. The first-order chi connectivity index (χ1) is 6.90. The number of rotatable bonds is 3. The summed E-state index contributed by atoms with van der Waals surface area (Å²) in [6.07, 6.45) is 5.36. The Hall–Kier alpha value is -1.75. The molecule has 0 unspecified atom stereocenters.